The molecule has 10 atom stereocenters. The highest BCUT2D eigenvalue weighted by Gasteiger charge is 2.73. The second-order valence-corrected chi connectivity index (χ2v) is 20.5. The number of carbonyl (C=O) groups excluding carboxylic acids is 1. The maximum absolute atomic E-state index is 12.4. The summed E-state index contributed by atoms with van der Waals surface area (Å²) in [6.45, 7) is 26.0. The number of amides is 1. The van der Waals surface area contributed by atoms with Crippen LogP contribution in [0.15, 0.2) is 35.5 Å². The van der Waals surface area contributed by atoms with E-state index in [-0.39, 0.29) is 40.8 Å². The molecule has 0 unspecified atom stereocenters. The Labute approximate surface area is 262 Å². The molecular formula is C35H60N2O5Si. The number of hydrogen-bond acceptors (Lipinski definition) is 6. The molecule has 0 aromatic rings. The summed E-state index contributed by atoms with van der Waals surface area (Å²) in [6, 6.07) is 0. The molecule has 7 nitrogen and oxygen atoms in total. The first-order valence-electron chi connectivity index (χ1n) is 16.5. The van der Waals surface area contributed by atoms with E-state index in [4.69, 9.17) is 24.4 Å². The molecule has 8 heteroatoms. The van der Waals surface area contributed by atoms with E-state index in [0.29, 0.717) is 55.6 Å². The van der Waals surface area contributed by atoms with Gasteiger partial charge in [-0.15, -0.1) is 0 Å². The first kappa shape index (κ1) is 34.6. The number of nitrogens with one attached hydrogen (secondary N) is 1. The Morgan fingerprint density at radius 1 is 1.19 bits per heavy atom. The van der Waals surface area contributed by atoms with Crippen molar-refractivity contribution in [2.75, 3.05) is 26.3 Å². The predicted molar refractivity (Wildman–Crippen MR) is 176 cm³/mol. The predicted octanol–water partition coefficient (Wildman–Crippen LogP) is 6.16. The summed E-state index contributed by atoms with van der Waals surface area (Å²) in [5.41, 5.74) is 8.01. The Bertz CT molecular complexity index is 1110. The number of epoxide rings is 2. The van der Waals surface area contributed by atoms with E-state index in [1.165, 1.54) is 5.57 Å². The van der Waals surface area contributed by atoms with Gasteiger partial charge >= 0.3 is 0 Å². The van der Waals surface area contributed by atoms with Gasteiger partial charge in [0, 0.05) is 31.5 Å². The van der Waals surface area contributed by atoms with Crippen LogP contribution in [0.5, 0.6) is 0 Å². The monoisotopic (exact) mass is 616 g/mol. The molecule has 2 saturated heterocycles. The van der Waals surface area contributed by atoms with Crippen molar-refractivity contribution in [3.8, 4) is 0 Å². The van der Waals surface area contributed by atoms with Crippen LogP contribution in [-0.4, -0.2) is 70.0 Å². The van der Waals surface area contributed by atoms with Crippen LogP contribution in [0.1, 0.15) is 75.2 Å². The van der Waals surface area contributed by atoms with Crippen molar-refractivity contribution >= 4 is 14.2 Å². The largest absolute Gasteiger partial charge is 0.416 e. The molecule has 0 radical (unpaired) electrons. The maximum atomic E-state index is 12.4. The molecule has 0 aromatic carbocycles. The van der Waals surface area contributed by atoms with Crippen LogP contribution in [0.4, 0.5) is 0 Å². The Balaban J connectivity index is 1.54. The molecule has 244 valence electrons. The molecule has 3 N–H and O–H groups in total. The van der Waals surface area contributed by atoms with E-state index in [9.17, 15) is 4.79 Å². The second-order valence-electron chi connectivity index (χ2n) is 15.7. The van der Waals surface area contributed by atoms with Crippen molar-refractivity contribution in [3.63, 3.8) is 0 Å². The third kappa shape index (κ3) is 7.25. The molecule has 2 aliphatic carbocycles. The van der Waals surface area contributed by atoms with Gasteiger partial charge in [0.2, 0.25) is 5.91 Å². The Hall–Kier alpha value is -1.29. The molecule has 0 bridgehead atoms. The first-order chi connectivity index (χ1) is 20.0. The van der Waals surface area contributed by atoms with Gasteiger partial charge in [0.15, 0.2) is 8.32 Å². The van der Waals surface area contributed by atoms with Gasteiger partial charge in [-0.1, -0.05) is 57.6 Å². The van der Waals surface area contributed by atoms with E-state index >= 15 is 0 Å². The third-order valence-electron chi connectivity index (χ3n) is 11.5. The number of nitrogens with two attached hydrogens (primary N) is 1. The maximum Gasteiger partial charge on any atom is 0.246 e. The summed E-state index contributed by atoms with van der Waals surface area (Å²) < 4.78 is 25.6. The van der Waals surface area contributed by atoms with Gasteiger partial charge in [-0.2, -0.15) is 0 Å². The summed E-state index contributed by atoms with van der Waals surface area (Å²) >= 11 is 0. The second kappa shape index (κ2) is 12.8. The summed E-state index contributed by atoms with van der Waals surface area (Å²) in [5.74, 6) is 1.75. The molecule has 4 rings (SSSR count). The molecule has 1 amide bonds. The fourth-order valence-corrected chi connectivity index (χ4v) is 8.76. The van der Waals surface area contributed by atoms with Crippen LogP contribution in [0, 0.1) is 29.6 Å². The Morgan fingerprint density at radius 2 is 1.88 bits per heavy atom. The van der Waals surface area contributed by atoms with Crippen LogP contribution in [0.3, 0.4) is 0 Å². The molecule has 2 heterocycles. The van der Waals surface area contributed by atoms with E-state index in [1.54, 1.807) is 0 Å². The number of rotatable bonds is 13. The minimum absolute atomic E-state index is 0.00380. The number of carbonyl (C=O) groups is 1. The van der Waals surface area contributed by atoms with Gasteiger partial charge in [0.25, 0.3) is 0 Å². The third-order valence-corrected chi connectivity index (χ3v) is 16.0. The van der Waals surface area contributed by atoms with Gasteiger partial charge in [-0.25, -0.2) is 0 Å². The normalized spacial score (nSPS) is 37.3. The molecule has 0 spiro atoms. The highest BCUT2D eigenvalue weighted by molar-refractivity contribution is 6.74. The van der Waals surface area contributed by atoms with Crippen molar-refractivity contribution in [2.45, 2.75) is 123 Å². The zero-order chi connectivity index (χ0) is 32.0. The minimum atomic E-state index is -1.92. The van der Waals surface area contributed by atoms with Crippen molar-refractivity contribution in [1.29, 1.82) is 0 Å². The summed E-state index contributed by atoms with van der Waals surface area (Å²) in [4.78, 5) is 12.4. The quantitative estimate of drug-likeness (QED) is 0.111. The lowest BCUT2D eigenvalue weighted by Crippen LogP contribution is -2.49. The number of fused-ring (bicyclic) bond motifs is 4. The fraction of sp³-hybridized carbons (Fsp3) is 0.800. The first-order valence-corrected chi connectivity index (χ1v) is 19.5. The average molecular weight is 617 g/mol. The van der Waals surface area contributed by atoms with Crippen molar-refractivity contribution in [2.24, 2.45) is 35.3 Å². The topological polar surface area (TPSA) is 98.6 Å². The van der Waals surface area contributed by atoms with Crippen LogP contribution >= 0.6 is 0 Å². The zero-order valence-electron chi connectivity index (χ0n) is 28.8. The number of allylic oxidation sites excluding steroid dienone is 4. The Morgan fingerprint density at radius 3 is 2.51 bits per heavy atom. The molecule has 2 saturated carbocycles. The van der Waals surface area contributed by atoms with Crippen LogP contribution in [0.25, 0.3) is 0 Å². The zero-order valence-corrected chi connectivity index (χ0v) is 29.8. The fourth-order valence-electron chi connectivity index (χ4n) is 7.65. The van der Waals surface area contributed by atoms with Crippen molar-refractivity contribution < 1.29 is 23.4 Å². The van der Waals surface area contributed by atoms with Gasteiger partial charge in [-0.05, 0) is 88.9 Å². The highest BCUT2D eigenvalue weighted by atomic mass is 28.4. The standard InChI is InChI=1S/C35H60N2O5Si/c1-12-22(2)30-25(26-18-28-34(8,41-28)19-27(26)32-35(30,9)42-32)15-13-14-23(3)31(39-21-29(38)37-17-16-36)24(4)20-40-43(10,11)33(5,6)7/h12-15,24-28,30-32H,16-21,36H2,1-11H3,(H,37,38)/b15-13+,22-12-,23-14+/t24-,25-,26-,27+,28-,30-,31+,32-,34+,35+/m0/s1. The lowest BCUT2D eigenvalue weighted by atomic mass is 9.55. The minimum Gasteiger partial charge on any atom is -0.416 e. The molecule has 43 heavy (non-hydrogen) atoms. The van der Waals surface area contributed by atoms with Gasteiger partial charge in [-0.3, -0.25) is 4.79 Å². The summed E-state index contributed by atoms with van der Waals surface area (Å²) in [6.07, 6.45) is 11.8. The van der Waals surface area contributed by atoms with E-state index in [1.807, 2.05) is 0 Å². The summed E-state index contributed by atoms with van der Waals surface area (Å²) in [5, 5.41) is 2.95. The van der Waals surface area contributed by atoms with E-state index in [2.05, 4.69) is 105 Å². The SMILES string of the molecule is C/C=C(/C)[C@H]1[C@@H](/C=C/C=C(\C)[C@@H](OCC(=O)NCCN)[C@@H](C)CO[Si](C)(C)C(C)(C)C)[C@@H]2C[C@@H]3O[C@]3(C)C[C@H]2[C@@H]2O[C@@]21C. The highest BCUT2D eigenvalue weighted by Crippen LogP contribution is 2.67. The summed E-state index contributed by atoms with van der Waals surface area (Å²) in [7, 11) is -1.92. The number of ether oxygens (including phenoxy) is 3. The molecule has 4 fully saturated rings. The smallest absolute Gasteiger partial charge is 0.246 e. The van der Waals surface area contributed by atoms with Gasteiger partial charge in [0.05, 0.1) is 29.5 Å². The lowest BCUT2D eigenvalue weighted by Gasteiger charge is -2.45. The van der Waals surface area contributed by atoms with Crippen LogP contribution in [-0.2, 0) is 23.4 Å². The van der Waals surface area contributed by atoms with Crippen LogP contribution < -0.4 is 11.1 Å². The molecule has 2 aliphatic heterocycles. The van der Waals surface area contributed by atoms with Crippen LogP contribution in [0.2, 0.25) is 18.1 Å². The average Bonchev–Trinajstić information content (AvgIpc) is 3.81. The molecular weight excluding hydrogens is 556 g/mol. The van der Waals surface area contributed by atoms with Crippen molar-refractivity contribution in [3.05, 3.63) is 35.5 Å². The molecule has 4 aliphatic rings. The molecule has 0 aromatic heterocycles. The Kier molecular flexibility index (Phi) is 10.3. The van der Waals surface area contributed by atoms with E-state index < -0.39 is 8.32 Å². The van der Waals surface area contributed by atoms with Gasteiger partial charge in [0.1, 0.15) is 6.61 Å². The van der Waals surface area contributed by atoms with Gasteiger partial charge < -0.3 is 29.7 Å². The number of hydrogen-bond donors (Lipinski definition) is 2. The van der Waals surface area contributed by atoms with E-state index in [0.717, 1.165) is 18.4 Å². The lowest BCUT2D eigenvalue weighted by molar-refractivity contribution is -0.128. The van der Waals surface area contributed by atoms with Crippen molar-refractivity contribution in [1.82, 2.24) is 5.32 Å².